The molecule has 92 valence electrons. The Bertz CT molecular complexity index is 427. The molecule has 0 bridgehead atoms. The molecule has 1 aromatic carbocycles. The second-order valence-electron chi connectivity index (χ2n) is 3.70. The fourth-order valence-electron chi connectivity index (χ4n) is 1.31. The minimum Gasteiger partial charge on any atom is -0.493 e. The quantitative estimate of drug-likeness (QED) is 0.576. The molecule has 0 N–H and O–H groups in total. The Kier molecular flexibility index (Phi) is 5.04. The Morgan fingerprint density at radius 3 is 2.76 bits per heavy atom. The van der Waals surface area contributed by atoms with Crippen LogP contribution >= 0.6 is 11.6 Å². The van der Waals surface area contributed by atoms with Crippen molar-refractivity contribution in [3.8, 4) is 11.5 Å². The fourth-order valence-corrected chi connectivity index (χ4v) is 1.53. The molecule has 1 rings (SSSR count). The molecule has 0 fully saturated rings. The van der Waals surface area contributed by atoms with Crippen molar-refractivity contribution in [3.63, 3.8) is 0 Å². The molecule has 3 nitrogen and oxygen atoms in total. The zero-order chi connectivity index (χ0) is 12.8. The maximum absolute atomic E-state index is 10.9. The summed E-state index contributed by atoms with van der Waals surface area (Å²) in [6, 6.07) is 3.16. The van der Waals surface area contributed by atoms with Crippen LogP contribution in [0.4, 0.5) is 0 Å². The van der Waals surface area contributed by atoms with Crippen molar-refractivity contribution in [3.05, 3.63) is 34.9 Å². The molecule has 0 aromatic heterocycles. The molecule has 1 aromatic rings. The summed E-state index contributed by atoms with van der Waals surface area (Å²) in [6.45, 7) is 6.16. The van der Waals surface area contributed by atoms with Gasteiger partial charge < -0.3 is 9.47 Å². The lowest BCUT2D eigenvalue weighted by Crippen LogP contribution is -2.02. The Labute approximate surface area is 106 Å². The van der Waals surface area contributed by atoms with Gasteiger partial charge in [-0.15, -0.1) is 6.58 Å². The number of benzene rings is 1. The summed E-state index contributed by atoms with van der Waals surface area (Å²) in [5.41, 5.74) is 1.40. The standard InChI is InChI=1S/C13H15ClO3/c1-9(2)4-5-17-13-10(8-15)6-11(14)7-12(13)16-3/h6-8H,1,4-5H2,2-3H3. The van der Waals surface area contributed by atoms with Gasteiger partial charge in [0.1, 0.15) is 0 Å². The molecule has 0 amide bonds. The molecular formula is C13H15ClO3. The predicted octanol–water partition coefficient (Wildman–Crippen LogP) is 3.51. The van der Waals surface area contributed by atoms with E-state index in [0.29, 0.717) is 35.0 Å². The lowest BCUT2D eigenvalue weighted by atomic mass is 10.2. The summed E-state index contributed by atoms with van der Waals surface area (Å²) in [6.07, 6.45) is 1.43. The number of ether oxygens (including phenoxy) is 2. The zero-order valence-corrected chi connectivity index (χ0v) is 10.7. The van der Waals surface area contributed by atoms with Crippen LogP contribution in [0.1, 0.15) is 23.7 Å². The van der Waals surface area contributed by atoms with Gasteiger partial charge in [-0.25, -0.2) is 0 Å². The molecule has 0 heterocycles. The minimum atomic E-state index is 0.385. The van der Waals surface area contributed by atoms with Gasteiger partial charge in [-0.3, -0.25) is 4.79 Å². The van der Waals surface area contributed by atoms with E-state index >= 15 is 0 Å². The van der Waals surface area contributed by atoms with E-state index in [1.165, 1.54) is 7.11 Å². The first-order chi connectivity index (χ1) is 8.08. The third-order valence-electron chi connectivity index (χ3n) is 2.17. The van der Waals surface area contributed by atoms with Crippen LogP contribution in [0.5, 0.6) is 11.5 Å². The highest BCUT2D eigenvalue weighted by Gasteiger charge is 2.12. The highest BCUT2D eigenvalue weighted by molar-refractivity contribution is 6.31. The molecule has 0 atom stereocenters. The third kappa shape index (κ3) is 3.79. The smallest absolute Gasteiger partial charge is 0.171 e. The van der Waals surface area contributed by atoms with Crippen LogP contribution in [0.25, 0.3) is 0 Å². The van der Waals surface area contributed by atoms with E-state index in [1.54, 1.807) is 12.1 Å². The van der Waals surface area contributed by atoms with Crippen molar-refractivity contribution in [1.29, 1.82) is 0 Å². The highest BCUT2D eigenvalue weighted by atomic mass is 35.5. The van der Waals surface area contributed by atoms with E-state index in [2.05, 4.69) is 6.58 Å². The number of rotatable bonds is 6. The van der Waals surface area contributed by atoms with Gasteiger partial charge in [-0.1, -0.05) is 17.2 Å². The first kappa shape index (κ1) is 13.6. The SMILES string of the molecule is C=C(C)CCOc1c(C=O)cc(Cl)cc1OC. The summed E-state index contributed by atoms with van der Waals surface area (Å²) in [5, 5.41) is 0.441. The Balaban J connectivity index is 2.94. The van der Waals surface area contributed by atoms with Crippen molar-refractivity contribution in [2.24, 2.45) is 0 Å². The first-order valence-corrected chi connectivity index (χ1v) is 5.56. The Morgan fingerprint density at radius 1 is 1.53 bits per heavy atom. The number of aldehydes is 1. The Morgan fingerprint density at radius 2 is 2.24 bits per heavy atom. The average molecular weight is 255 g/mol. The van der Waals surface area contributed by atoms with Crippen LogP contribution in [0.15, 0.2) is 24.3 Å². The normalized spacial score (nSPS) is 9.82. The van der Waals surface area contributed by atoms with E-state index in [9.17, 15) is 4.79 Å². The number of carbonyl (C=O) groups excluding carboxylic acids is 1. The van der Waals surface area contributed by atoms with Crippen LogP contribution in [0, 0.1) is 0 Å². The summed E-state index contributed by atoms with van der Waals surface area (Å²) < 4.78 is 10.7. The second-order valence-corrected chi connectivity index (χ2v) is 4.14. The number of hydrogen-bond donors (Lipinski definition) is 0. The molecule has 0 saturated heterocycles. The molecular weight excluding hydrogens is 240 g/mol. The lowest BCUT2D eigenvalue weighted by molar-refractivity contribution is 0.111. The lowest BCUT2D eigenvalue weighted by Gasteiger charge is -2.13. The van der Waals surface area contributed by atoms with Crippen molar-refractivity contribution in [1.82, 2.24) is 0 Å². The van der Waals surface area contributed by atoms with Crippen molar-refractivity contribution in [2.75, 3.05) is 13.7 Å². The third-order valence-corrected chi connectivity index (χ3v) is 2.39. The molecule has 0 aliphatic rings. The largest absolute Gasteiger partial charge is 0.493 e. The van der Waals surface area contributed by atoms with E-state index < -0.39 is 0 Å². The van der Waals surface area contributed by atoms with E-state index in [4.69, 9.17) is 21.1 Å². The van der Waals surface area contributed by atoms with Crippen molar-refractivity contribution < 1.29 is 14.3 Å². The maximum Gasteiger partial charge on any atom is 0.171 e. The molecule has 0 saturated carbocycles. The summed E-state index contributed by atoms with van der Waals surface area (Å²) in [7, 11) is 1.51. The molecule has 17 heavy (non-hydrogen) atoms. The summed E-state index contributed by atoms with van der Waals surface area (Å²) in [5.74, 6) is 0.884. The van der Waals surface area contributed by atoms with Crippen LogP contribution in [-0.4, -0.2) is 20.0 Å². The average Bonchev–Trinajstić information content (AvgIpc) is 2.29. The van der Waals surface area contributed by atoms with Gasteiger partial charge in [0, 0.05) is 17.5 Å². The van der Waals surface area contributed by atoms with Gasteiger partial charge in [-0.05, 0) is 13.0 Å². The zero-order valence-electron chi connectivity index (χ0n) is 9.96. The van der Waals surface area contributed by atoms with Crippen LogP contribution < -0.4 is 9.47 Å². The van der Waals surface area contributed by atoms with Gasteiger partial charge >= 0.3 is 0 Å². The molecule has 0 unspecified atom stereocenters. The predicted molar refractivity (Wildman–Crippen MR) is 68.3 cm³/mol. The van der Waals surface area contributed by atoms with Gasteiger partial charge in [0.25, 0.3) is 0 Å². The highest BCUT2D eigenvalue weighted by Crippen LogP contribution is 2.33. The van der Waals surface area contributed by atoms with Crippen LogP contribution in [-0.2, 0) is 0 Å². The summed E-state index contributed by atoms with van der Waals surface area (Å²) >= 11 is 5.86. The maximum atomic E-state index is 10.9. The fraction of sp³-hybridized carbons (Fsp3) is 0.308. The Hall–Kier alpha value is -1.48. The topological polar surface area (TPSA) is 35.5 Å². The molecule has 0 aliphatic carbocycles. The van der Waals surface area contributed by atoms with Gasteiger partial charge in [0.05, 0.1) is 19.3 Å². The minimum absolute atomic E-state index is 0.385. The number of halogens is 1. The number of methoxy groups -OCH3 is 1. The van der Waals surface area contributed by atoms with Gasteiger partial charge in [-0.2, -0.15) is 0 Å². The van der Waals surface area contributed by atoms with Crippen LogP contribution in [0.3, 0.4) is 0 Å². The number of carbonyl (C=O) groups is 1. The second kappa shape index (κ2) is 6.30. The summed E-state index contributed by atoms with van der Waals surface area (Å²) in [4.78, 5) is 10.9. The van der Waals surface area contributed by atoms with Gasteiger partial charge in [0.2, 0.25) is 0 Å². The van der Waals surface area contributed by atoms with Crippen LogP contribution in [0.2, 0.25) is 5.02 Å². The van der Waals surface area contributed by atoms with Crippen molar-refractivity contribution >= 4 is 17.9 Å². The molecule has 0 radical (unpaired) electrons. The van der Waals surface area contributed by atoms with E-state index in [1.807, 2.05) is 6.92 Å². The molecule has 0 spiro atoms. The van der Waals surface area contributed by atoms with Gasteiger partial charge in [0.15, 0.2) is 17.8 Å². The number of hydrogen-bond acceptors (Lipinski definition) is 3. The van der Waals surface area contributed by atoms with Crippen molar-refractivity contribution in [2.45, 2.75) is 13.3 Å². The monoisotopic (exact) mass is 254 g/mol. The van der Waals surface area contributed by atoms with E-state index in [0.717, 1.165) is 12.0 Å². The molecule has 0 aliphatic heterocycles. The van der Waals surface area contributed by atoms with E-state index in [-0.39, 0.29) is 0 Å². The first-order valence-electron chi connectivity index (χ1n) is 5.18. The molecule has 4 heteroatoms.